The van der Waals surface area contributed by atoms with Crippen LogP contribution in [0.3, 0.4) is 0 Å². The molecule has 0 aliphatic heterocycles. The molecule has 3 nitrogen and oxygen atoms in total. The van der Waals surface area contributed by atoms with Gasteiger partial charge in [0.2, 0.25) is 0 Å². The van der Waals surface area contributed by atoms with E-state index >= 15 is 0 Å². The van der Waals surface area contributed by atoms with Crippen LogP contribution in [0.4, 0.5) is 20.6 Å². The van der Waals surface area contributed by atoms with Gasteiger partial charge < -0.3 is 10.6 Å². The molecule has 0 fully saturated rings. The van der Waals surface area contributed by atoms with Crippen LogP contribution in [-0.4, -0.2) is 6.03 Å². The summed E-state index contributed by atoms with van der Waals surface area (Å²) in [6, 6.07) is 11.5. The van der Waals surface area contributed by atoms with E-state index in [1.165, 1.54) is 6.07 Å². The molecular weight excluding hydrogens is 243 g/mol. The topological polar surface area (TPSA) is 41.1 Å². The molecule has 0 spiro atoms. The second kappa shape index (κ2) is 5.52. The standard InChI is InChI=1S/C15H15FN2O/c1-10-7-8-12(16)14(9-10)18-15(19)17-13-6-4-3-5-11(13)2/h3-9H,1-2H3,(H2,17,18,19). The summed E-state index contributed by atoms with van der Waals surface area (Å²) < 4.78 is 13.5. The zero-order valence-corrected chi connectivity index (χ0v) is 10.8. The molecule has 0 aliphatic carbocycles. The minimum absolute atomic E-state index is 0.172. The van der Waals surface area contributed by atoms with Gasteiger partial charge in [-0.05, 0) is 43.2 Å². The first kappa shape index (κ1) is 13.1. The van der Waals surface area contributed by atoms with Gasteiger partial charge >= 0.3 is 6.03 Å². The highest BCUT2D eigenvalue weighted by Crippen LogP contribution is 2.17. The number of halogens is 1. The molecule has 2 aromatic rings. The van der Waals surface area contributed by atoms with Crippen LogP contribution in [0.25, 0.3) is 0 Å². The predicted octanol–water partition coefficient (Wildman–Crippen LogP) is 4.09. The lowest BCUT2D eigenvalue weighted by Crippen LogP contribution is -2.20. The molecule has 0 aromatic heterocycles. The number of urea groups is 1. The number of hydrogen-bond donors (Lipinski definition) is 2. The van der Waals surface area contributed by atoms with E-state index in [9.17, 15) is 9.18 Å². The third kappa shape index (κ3) is 3.31. The molecule has 0 unspecified atom stereocenters. The summed E-state index contributed by atoms with van der Waals surface area (Å²) in [7, 11) is 0. The largest absolute Gasteiger partial charge is 0.323 e. The molecule has 2 N–H and O–H groups in total. The number of anilines is 2. The molecule has 98 valence electrons. The molecule has 2 rings (SSSR count). The maximum atomic E-state index is 13.5. The van der Waals surface area contributed by atoms with Crippen LogP contribution < -0.4 is 10.6 Å². The molecule has 0 atom stereocenters. The van der Waals surface area contributed by atoms with E-state index in [0.717, 1.165) is 11.1 Å². The van der Waals surface area contributed by atoms with Crippen molar-refractivity contribution in [2.75, 3.05) is 10.6 Å². The number of carbonyl (C=O) groups excluding carboxylic acids is 1. The van der Waals surface area contributed by atoms with Crippen molar-refractivity contribution in [3.63, 3.8) is 0 Å². The van der Waals surface area contributed by atoms with Gasteiger partial charge in [-0.1, -0.05) is 24.3 Å². The Bertz CT molecular complexity index is 611. The van der Waals surface area contributed by atoms with Gasteiger partial charge in [0.05, 0.1) is 5.69 Å². The first-order valence-electron chi connectivity index (χ1n) is 5.96. The zero-order chi connectivity index (χ0) is 13.8. The highest BCUT2D eigenvalue weighted by molar-refractivity contribution is 6.00. The van der Waals surface area contributed by atoms with Crippen LogP contribution in [0.15, 0.2) is 42.5 Å². The van der Waals surface area contributed by atoms with Crippen molar-refractivity contribution < 1.29 is 9.18 Å². The molecule has 4 heteroatoms. The Kier molecular flexibility index (Phi) is 3.80. The summed E-state index contributed by atoms with van der Waals surface area (Å²) in [5.41, 5.74) is 2.70. The van der Waals surface area contributed by atoms with Crippen LogP contribution in [0.2, 0.25) is 0 Å². The van der Waals surface area contributed by atoms with E-state index in [4.69, 9.17) is 0 Å². The normalized spacial score (nSPS) is 10.1. The summed E-state index contributed by atoms with van der Waals surface area (Å²) in [5, 5.41) is 5.19. The van der Waals surface area contributed by atoms with Crippen LogP contribution in [-0.2, 0) is 0 Å². The molecule has 0 radical (unpaired) electrons. The van der Waals surface area contributed by atoms with Gasteiger partial charge in [0.15, 0.2) is 0 Å². The number of carbonyl (C=O) groups is 1. The first-order chi connectivity index (χ1) is 9.06. The molecule has 0 bridgehead atoms. The second-order valence-corrected chi connectivity index (χ2v) is 4.38. The maximum Gasteiger partial charge on any atom is 0.323 e. The summed E-state index contributed by atoms with van der Waals surface area (Å²) in [6.07, 6.45) is 0. The number of aryl methyl sites for hydroxylation is 2. The lowest BCUT2D eigenvalue weighted by molar-refractivity contribution is 0.262. The fraction of sp³-hybridized carbons (Fsp3) is 0.133. The van der Waals surface area contributed by atoms with E-state index in [0.29, 0.717) is 5.69 Å². The van der Waals surface area contributed by atoms with Crippen molar-refractivity contribution >= 4 is 17.4 Å². The predicted molar refractivity (Wildman–Crippen MR) is 75.0 cm³/mol. The smallest absolute Gasteiger partial charge is 0.307 e. The fourth-order valence-corrected chi connectivity index (χ4v) is 1.72. The van der Waals surface area contributed by atoms with Gasteiger partial charge in [-0.25, -0.2) is 9.18 Å². The minimum Gasteiger partial charge on any atom is -0.307 e. The Balaban J connectivity index is 2.10. The van der Waals surface area contributed by atoms with E-state index < -0.39 is 11.8 Å². The van der Waals surface area contributed by atoms with Crippen molar-refractivity contribution in [3.05, 3.63) is 59.4 Å². The fourth-order valence-electron chi connectivity index (χ4n) is 1.72. The lowest BCUT2D eigenvalue weighted by Gasteiger charge is -2.10. The summed E-state index contributed by atoms with van der Waals surface area (Å²) in [6.45, 7) is 3.73. The molecule has 0 saturated heterocycles. The van der Waals surface area contributed by atoms with E-state index in [-0.39, 0.29) is 5.69 Å². The van der Waals surface area contributed by atoms with E-state index in [2.05, 4.69) is 10.6 Å². The van der Waals surface area contributed by atoms with Crippen LogP contribution >= 0.6 is 0 Å². The van der Waals surface area contributed by atoms with Gasteiger partial charge in [-0.15, -0.1) is 0 Å². The monoisotopic (exact) mass is 258 g/mol. The zero-order valence-electron chi connectivity index (χ0n) is 10.8. The first-order valence-corrected chi connectivity index (χ1v) is 5.96. The quantitative estimate of drug-likeness (QED) is 0.837. The third-order valence-electron chi connectivity index (χ3n) is 2.76. The molecule has 0 heterocycles. The van der Waals surface area contributed by atoms with Crippen LogP contribution in [0.5, 0.6) is 0 Å². The molecule has 2 amide bonds. The second-order valence-electron chi connectivity index (χ2n) is 4.38. The number of benzene rings is 2. The lowest BCUT2D eigenvalue weighted by atomic mass is 10.2. The Labute approximate surface area is 111 Å². The van der Waals surface area contributed by atoms with Gasteiger partial charge in [-0.3, -0.25) is 0 Å². The van der Waals surface area contributed by atoms with Crippen molar-refractivity contribution in [3.8, 4) is 0 Å². The number of rotatable bonds is 2. The number of hydrogen-bond acceptors (Lipinski definition) is 1. The van der Waals surface area contributed by atoms with Crippen molar-refractivity contribution in [2.24, 2.45) is 0 Å². The summed E-state index contributed by atoms with van der Waals surface area (Å²) >= 11 is 0. The molecular formula is C15H15FN2O. The van der Waals surface area contributed by atoms with Gasteiger partial charge in [0, 0.05) is 5.69 Å². The highest BCUT2D eigenvalue weighted by atomic mass is 19.1. The van der Waals surface area contributed by atoms with Gasteiger partial charge in [0.25, 0.3) is 0 Å². The van der Waals surface area contributed by atoms with Gasteiger partial charge in [0.1, 0.15) is 5.82 Å². The van der Waals surface area contributed by atoms with E-state index in [1.54, 1.807) is 18.2 Å². The van der Waals surface area contributed by atoms with Crippen molar-refractivity contribution in [2.45, 2.75) is 13.8 Å². The van der Waals surface area contributed by atoms with Crippen LogP contribution in [0.1, 0.15) is 11.1 Å². The number of amides is 2. The summed E-state index contributed by atoms with van der Waals surface area (Å²) in [5.74, 6) is -0.453. The molecule has 19 heavy (non-hydrogen) atoms. The van der Waals surface area contributed by atoms with Crippen molar-refractivity contribution in [1.29, 1.82) is 0 Å². The van der Waals surface area contributed by atoms with Crippen LogP contribution in [0, 0.1) is 19.7 Å². The Hall–Kier alpha value is -2.36. The van der Waals surface area contributed by atoms with E-state index in [1.807, 2.05) is 32.0 Å². The molecule has 2 aromatic carbocycles. The molecule has 0 aliphatic rings. The van der Waals surface area contributed by atoms with Gasteiger partial charge in [-0.2, -0.15) is 0 Å². The maximum absolute atomic E-state index is 13.5. The number of para-hydroxylation sites is 1. The SMILES string of the molecule is Cc1ccc(F)c(NC(=O)Nc2ccccc2C)c1. The molecule has 0 saturated carbocycles. The minimum atomic E-state index is -0.459. The number of nitrogens with one attached hydrogen (secondary N) is 2. The Morgan fingerprint density at radius 2 is 1.68 bits per heavy atom. The Morgan fingerprint density at radius 3 is 2.42 bits per heavy atom. The summed E-state index contributed by atoms with van der Waals surface area (Å²) in [4.78, 5) is 11.8. The third-order valence-corrected chi connectivity index (χ3v) is 2.76. The Morgan fingerprint density at radius 1 is 1.00 bits per heavy atom. The average Bonchev–Trinajstić information content (AvgIpc) is 2.37. The average molecular weight is 258 g/mol. The van der Waals surface area contributed by atoms with Crippen molar-refractivity contribution in [1.82, 2.24) is 0 Å². The highest BCUT2D eigenvalue weighted by Gasteiger charge is 2.08.